The second kappa shape index (κ2) is 8.85. The van der Waals surface area contributed by atoms with Crippen LogP contribution in [0.4, 0.5) is 10.5 Å². The van der Waals surface area contributed by atoms with E-state index in [1.54, 1.807) is 37.7 Å². The maximum Gasteiger partial charge on any atom is 0.322 e. The van der Waals surface area contributed by atoms with Crippen LogP contribution in [-0.2, 0) is 0 Å². The van der Waals surface area contributed by atoms with Gasteiger partial charge < -0.3 is 19.7 Å². The number of rotatable bonds is 4. The zero-order valence-electron chi connectivity index (χ0n) is 15.9. The predicted molar refractivity (Wildman–Crippen MR) is 111 cm³/mol. The van der Waals surface area contributed by atoms with Gasteiger partial charge >= 0.3 is 6.03 Å². The van der Waals surface area contributed by atoms with Gasteiger partial charge in [-0.2, -0.15) is 0 Å². The number of amides is 2. The Morgan fingerprint density at radius 3 is 2.63 bits per heavy atom. The molecule has 0 bridgehead atoms. The second-order valence-corrected chi connectivity index (χ2v) is 8.35. The number of thiophene rings is 1. The number of hydrogen-bond donors (Lipinski definition) is 1. The minimum atomic E-state index is -0.132. The lowest BCUT2D eigenvalue weighted by molar-refractivity contribution is 0.190. The third-order valence-electron chi connectivity index (χ3n) is 4.82. The Bertz CT molecular complexity index is 809. The molecule has 1 aliphatic rings. The zero-order chi connectivity index (χ0) is 19.4. The molecule has 1 N–H and O–H groups in total. The normalized spacial score (nSPS) is 17.3. The molecule has 0 saturated carbocycles. The van der Waals surface area contributed by atoms with Gasteiger partial charge in [0.1, 0.15) is 11.5 Å². The van der Waals surface area contributed by atoms with Crippen molar-refractivity contribution in [2.45, 2.75) is 38.6 Å². The van der Waals surface area contributed by atoms with E-state index in [0.717, 1.165) is 32.2 Å². The van der Waals surface area contributed by atoms with E-state index in [1.165, 1.54) is 9.75 Å². The maximum absolute atomic E-state index is 13.1. The number of urea groups is 1. The van der Waals surface area contributed by atoms with Gasteiger partial charge in [0.25, 0.3) is 0 Å². The molecule has 2 aromatic rings. The first-order valence-electron chi connectivity index (χ1n) is 9.09. The quantitative estimate of drug-likeness (QED) is 0.687. The van der Waals surface area contributed by atoms with E-state index in [2.05, 4.69) is 24.4 Å². The Balaban J connectivity index is 1.85. The molecule has 1 aromatic heterocycles. The maximum atomic E-state index is 13.1. The molecule has 27 heavy (non-hydrogen) atoms. The van der Waals surface area contributed by atoms with Crippen molar-refractivity contribution >= 4 is 34.7 Å². The Kier molecular flexibility index (Phi) is 6.50. The van der Waals surface area contributed by atoms with Crippen LogP contribution in [0.1, 0.15) is 41.5 Å². The minimum absolute atomic E-state index is 0.103. The van der Waals surface area contributed by atoms with Crippen LogP contribution in [-0.4, -0.2) is 31.7 Å². The number of hydrogen-bond acceptors (Lipinski definition) is 4. The predicted octanol–water partition coefficient (Wildman–Crippen LogP) is 5.88. The molecule has 1 saturated heterocycles. The number of carbonyl (C=O) groups excluding carboxylic acids is 1. The average Bonchev–Trinajstić information content (AvgIpc) is 2.93. The molecular weight excluding hydrogens is 384 g/mol. The topological polar surface area (TPSA) is 50.8 Å². The van der Waals surface area contributed by atoms with Crippen LogP contribution in [0.15, 0.2) is 24.3 Å². The van der Waals surface area contributed by atoms with Crippen LogP contribution in [0.25, 0.3) is 0 Å². The zero-order valence-corrected chi connectivity index (χ0v) is 17.5. The molecule has 1 atom stereocenters. The SMILES string of the molecule is COc1cc(OC)c(NC(=O)N2CCCCC[C@@H]2c2ccc(C)s2)cc1Cl. The summed E-state index contributed by atoms with van der Waals surface area (Å²) < 4.78 is 10.6. The van der Waals surface area contributed by atoms with Crippen molar-refractivity contribution in [3.8, 4) is 11.5 Å². The van der Waals surface area contributed by atoms with Gasteiger partial charge in [-0.3, -0.25) is 0 Å². The monoisotopic (exact) mass is 408 g/mol. The van der Waals surface area contributed by atoms with Gasteiger partial charge in [-0.25, -0.2) is 4.79 Å². The lowest BCUT2D eigenvalue weighted by atomic mass is 10.1. The largest absolute Gasteiger partial charge is 0.495 e. The molecule has 1 aliphatic heterocycles. The number of benzene rings is 1. The molecule has 3 rings (SSSR count). The molecule has 2 heterocycles. The highest BCUT2D eigenvalue weighted by Crippen LogP contribution is 2.38. The summed E-state index contributed by atoms with van der Waals surface area (Å²) in [5.74, 6) is 1.02. The number of halogens is 1. The van der Waals surface area contributed by atoms with Crippen LogP contribution in [0.5, 0.6) is 11.5 Å². The van der Waals surface area contributed by atoms with Crippen LogP contribution < -0.4 is 14.8 Å². The van der Waals surface area contributed by atoms with E-state index >= 15 is 0 Å². The molecular formula is C20H25ClN2O3S. The third kappa shape index (κ3) is 4.50. The van der Waals surface area contributed by atoms with Crippen molar-refractivity contribution in [1.29, 1.82) is 0 Å². The Hall–Kier alpha value is -1.92. The number of ether oxygens (including phenoxy) is 2. The summed E-state index contributed by atoms with van der Waals surface area (Å²) >= 11 is 8.00. The Labute approximate surface area is 169 Å². The molecule has 2 amide bonds. The lowest BCUT2D eigenvalue weighted by Gasteiger charge is -2.30. The van der Waals surface area contributed by atoms with Crippen molar-refractivity contribution in [2.75, 3.05) is 26.1 Å². The van der Waals surface area contributed by atoms with Gasteiger partial charge in [-0.05, 0) is 38.0 Å². The van der Waals surface area contributed by atoms with Crippen LogP contribution in [0.2, 0.25) is 5.02 Å². The van der Waals surface area contributed by atoms with Gasteiger partial charge in [-0.1, -0.05) is 24.4 Å². The molecule has 5 nitrogen and oxygen atoms in total. The highest BCUT2D eigenvalue weighted by atomic mass is 35.5. The van der Waals surface area contributed by atoms with E-state index in [1.807, 2.05) is 4.90 Å². The fourth-order valence-electron chi connectivity index (χ4n) is 3.42. The van der Waals surface area contributed by atoms with Crippen molar-refractivity contribution < 1.29 is 14.3 Å². The molecule has 0 aliphatic carbocycles. The first-order chi connectivity index (χ1) is 13.0. The van der Waals surface area contributed by atoms with E-state index in [4.69, 9.17) is 21.1 Å². The van der Waals surface area contributed by atoms with E-state index < -0.39 is 0 Å². The number of carbonyl (C=O) groups is 1. The number of methoxy groups -OCH3 is 2. The van der Waals surface area contributed by atoms with E-state index in [9.17, 15) is 4.79 Å². The molecule has 0 spiro atoms. The molecule has 0 unspecified atom stereocenters. The number of nitrogens with one attached hydrogen (secondary N) is 1. The summed E-state index contributed by atoms with van der Waals surface area (Å²) in [7, 11) is 3.10. The lowest BCUT2D eigenvalue weighted by Crippen LogP contribution is -2.37. The molecule has 146 valence electrons. The summed E-state index contributed by atoms with van der Waals surface area (Å²) in [6, 6.07) is 7.58. The molecule has 7 heteroatoms. The van der Waals surface area contributed by atoms with Crippen molar-refractivity contribution in [3.05, 3.63) is 39.0 Å². The number of likely N-dealkylation sites (tertiary alicyclic amines) is 1. The smallest absolute Gasteiger partial charge is 0.322 e. The average molecular weight is 409 g/mol. The minimum Gasteiger partial charge on any atom is -0.495 e. The van der Waals surface area contributed by atoms with Gasteiger partial charge in [0.2, 0.25) is 0 Å². The van der Waals surface area contributed by atoms with Gasteiger partial charge in [0, 0.05) is 22.4 Å². The summed E-state index contributed by atoms with van der Waals surface area (Å²) in [5.41, 5.74) is 0.540. The third-order valence-corrected chi connectivity index (χ3v) is 6.22. The number of anilines is 1. The Morgan fingerprint density at radius 2 is 1.96 bits per heavy atom. The fraction of sp³-hybridized carbons (Fsp3) is 0.450. The molecule has 1 fully saturated rings. The number of nitrogens with zero attached hydrogens (tertiary/aromatic N) is 1. The standard InChI is InChI=1S/C20H25ClN2O3S/c1-13-8-9-19(27-13)16-7-5-4-6-10-23(16)20(24)22-15-11-14(21)17(25-2)12-18(15)26-3/h8-9,11-12,16H,4-7,10H2,1-3H3,(H,22,24)/t16-/m1/s1. The first-order valence-corrected chi connectivity index (χ1v) is 10.3. The van der Waals surface area contributed by atoms with Gasteiger partial charge in [0.15, 0.2) is 0 Å². The second-order valence-electron chi connectivity index (χ2n) is 6.62. The molecule has 1 aromatic carbocycles. The van der Waals surface area contributed by atoms with Gasteiger partial charge in [0.05, 0.1) is 31.0 Å². The van der Waals surface area contributed by atoms with E-state index in [-0.39, 0.29) is 12.1 Å². The first kappa shape index (κ1) is 19.8. The summed E-state index contributed by atoms with van der Waals surface area (Å²) in [6.07, 6.45) is 4.26. The van der Waals surface area contributed by atoms with Crippen molar-refractivity contribution in [3.63, 3.8) is 0 Å². The summed E-state index contributed by atoms with van der Waals surface area (Å²) in [4.78, 5) is 17.6. The highest BCUT2D eigenvalue weighted by molar-refractivity contribution is 7.12. The fourth-order valence-corrected chi connectivity index (χ4v) is 4.69. The van der Waals surface area contributed by atoms with Gasteiger partial charge in [-0.15, -0.1) is 11.3 Å². The van der Waals surface area contributed by atoms with Crippen LogP contribution in [0, 0.1) is 6.92 Å². The van der Waals surface area contributed by atoms with Crippen molar-refractivity contribution in [1.82, 2.24) is 4.90 Å². The summed E-state index contributed by atoms with van der Waals surface area (Å²) in [6.45, 7) is 2.83. The van der Waals surface area contributed by atoms with E-state index in [0.29, 0.717) is 22.2 Å². The van der Waals surface area contributed by atoms with Crippen LogP contribution >= 0.6 is 22.9 Å². The van der Waals surface area contributed by atoms with Crippen molar-refractivity contribution in [2.24, 2.45) is 0 Å². The number of aryl methyl sites for hydroxylation is 1. The Morgan fingerprint density at radius 1 is 1.19 bits per heavy atom. The van der Waals surface area contributed by atoms with Crippen LogP contribution in [0.3, 0.4) is 0 Å². The molecule has 0 radical (unpaired) electrons. The highest BCUT2D eigenvalue weighted by Gasteiger charge is 2.28. The summed E-state index contributed by atoms with van der Waals surface area (Å²) in [5, 5.41) is 3.41.